The van der Waals surface area contributed by atoms with Gasteiger partial charge in [-0.3, -0.25) is 9.47 Å². The number of nitrogens with one attached hydrogen (secondary N) is 1. The van der Waals surface area contributed by atoms with E-state index >= 15 is 0 Å². The third kappa shape index (κ3) is 3.56. The summed E-state index contributed by atoms with van der Waals surface area (Å²) in [6.45, 7) is 5.71. The number of H-pyrrole nitrogens is 1. The summed E-state index contributed by atoms with van der Waals surface area (Å²) >= 11 is 1.86. The Labute approximate surface area is 169 Å². The molecule has 28 heavy (non-hydrogen) atoms. The Balaban J connectivity index is 1.18. The highest BCUT2D eigenvalue weighted by atomic mass is 32.1. The Morgan fingerprint density at radius 1 is 0.929 bits per heavy atom. The van der Waals surface area contributed by atoms with Crippen LogP contribution in [0, 0.1) is 0 Å². The summed E-state index contributed by atoms with van der Waals surface area (Å²) in [6, 6.07) is 13.5. The second kappa shape index (κ2) is 7.85. The van der Waals surface area contributed by atoms with E-state index < -0.39 is 0 Å². The monoisotopic (exact) mass is 396 g/mol. The number of para-hydroxylation sites is 2. The molecule has 148 valence electrons. The third-order valence-electron chi connectivity index (χ3n) is 6.52. The van der Waals surface area contributed by atoms with Crippen LogP contribution in [0.2, 0.25) is 0 Å². The molecule has 6 heteroatoms. The maximum Gasteiger partial charge on any atom is 0.326 e. The average Bonchev–Trinajstić information content (AvgIpc) is 3.35. The van der Waals surface area contributed by atoms with Crippen LogP contribution in [-0.2, 0) is 6.54 Å². The second-order valence-corrected chi connectivity index (χ2v) is 9.20. The summed E-state index contributed by atoms with van der Waals surface area (Å²) in [6.07, 6.45) is 4.67. The van der Waals surface area contributed by atoms with Crippen molar-refractivity contribution >= 4 is 22.4 Å². The first-order valence-corrected chi connectivity index (χ1v) is 11.3. The lowest BCUT2D eigenvalue weighted by atomic mass is 9.97. The first kappa shape index (κ1) is 18.2. The molecular formula is C22H28N4OS. The summed E-state index contributed by atoms with van der Waals surface area (Å²) in [7, 11) is 0. The second-order valence-electron chi connectivity index (χ2n) is 8.17. The minimum atomic E-state index is 0.0431. The lowest BCUT2D eigenvalue weighted by molar-refractivity contribution is 0.0773. The zero-order valence-corrected chi connectivity index (χ0v) is 17.0. The van der Waals surface area contributed by atoms with E-state index in [-0.39, 0.29) is 5.69 Å². The van der Waals surface area contributed by atoms with Crippen LogP contribution >= 0.6 is 11.3 Å². The van der Waals surface area contributed by atoms with Crippen molar-refractivity contribution in [1.29, 1.82) is 0 Å². The van der Waals surface area contributed by atoms with Gasteiger partial charge in [0.25, 0.3) is 0 Å². The van der Waals surface area contributed by atoms with Crippen LogP contribution < -0.4 is 5.69 Å². The molecule has 2 fully saturated rings. The van der Waals surface area contributed by atoms with E-state index in [2.05, 4.69) is 38.4 Å². The number of fused-ring (bicyclic) bond motifs is 1. The number of likely N-dealkylation sites (tertiary alicyclic amines) is 2. The fourth-order valence-corrected chi connectivity index (χ4v) is 5.76. The van der Waals surface area contributed by atoms with E-state index in [1.165, 1.54) is 30.8 Å². The van der Waals surface area contributed by atoms with E-state index in [1.54, 1.807) is 0 Å². The normalized spacial score (nSPS) is 20.9. The van der Waals surface area contributed by atoms with Gasteiger partial charge in [0.05, 0.1) is 11.0 Å². The molecule has 4 heterocycles. The van der Waals surface area contributed by atoms with Gasteiger partial charge >= 0.3 is 5.69 Å². The Hall–Kier alpha value is -1.89. The number of aromatic amines is 1. The van der Waals surface area contributed by atoms with Crippen LogP contribution in [-0.4, -0.2) is 51.6 Å². The summed E-state index contributed by atoms with van der Waals surface area (Å²) in [5, 5.41) is 2.17. The van der Waals surface area contributed by atoms with Crippen molar-refractivity contribution in [2.75, 3.05) is 26.2 Å². The van der Waals surface area contributed by atoms with E-state index in [9.17, 15) is 4.79 Å². The molecule has 0 atom stereocenters. The maximum atomic E-state index is 12.5. The largest absolute Gasteiger partial charge is 0.326 e. The summed E-state index contributed by atoms with van der Waals surface area (Å²) in [5.74, 6) is 0. The topological polar surface area (TPSA) is 44.3 Å². The fraction of sp³-hybridized carbons (Fsp3) is 0.500. The number of hydrogen-bond acceptors (Lipinski definition) is 4. The molecule has 2 aromatic heterocycles. The van der Waals surface area contributed by atoms with Gasteiger partial charge in [-0.25, -0.2) is 4.79 Å². The molecular weight excluding hydrogens is 368 g/mol. The van der Waals surface area contributed by atoms with Crippen molar-refractivity contribution in [3.63, 3.8) is 0 Å². The SMILES string of the molecule is O=c1[nH]c2ccccc2n1C1CCN(C2CCN(Cc3cccs3)CC2)CC1. The summed E-state index contributed by atoms with van der Waals surface area (Å²) < 4.78 is 2.00. The molecule has 0 saturated carbocycles. The first-order valence-electron chi connectivity index (χ1n) is 10.5. The van der Waals surface area contributed by atoms with Gasteiger partial charge in [0, 0.05) is 49.7 Å². The van der Waals surface area contributed by atoms with Crippen molar-refractivity contribution in [2.24, 2.45) is 0 Å². The van der Waals surface area contributed by atoms with Gasteiger partial charge in [-0.1, -0.05) is 18.2 Å². The van der Waals surface area contributed by atoms with E-state index in [0.717, 1.165) is 43.5 Å². The molecule has 2 aliphatic heterocycles. The lowest BCUT2D eigenvalue weighted by Crippen LogP contribution is -2.48. The van der Waals surface area contributed by atoms with Gasteiger partial charge in [-0.05, 0) is 49.3 Å². The molecule has 0 bridgehead atoms. The number of rotatable bonds is 4. The number of benzene rings is 1. The molecule has 2 saturated heterocycles. The molecule has 1 aromatic carbocycles. The first-order chi connectivity index (χ1) is 13.8. The number of hydrogen-bond donors (Lipinski definition) is 1. The van der Waals surface area contributed by atoms with Gasteiger partial charge in [-0.15, -0.1) is 11.3 Å². The average molecular weight is 397 g/mol. The van der Waals surface area contributed by atoms with Crippen LogP contribution in [0.1, 0.15) is 36.6 Å². The Kier molecular flexibility index (Phi) is 5.09. The smallest absolute Gasteiger partial charge is 0.306 e. The standard InChI is InChI=1S/C22H28N4OS/c27-22-23-20-5-1-2-6-21(20)26(22)18-9-13-25(14-10-18)17-7-11-24(12-8-17)16-19-4-3-15-28-19/h1-6,15,17-18H,7-14,16H2,(H,23,27). The Bertz CT molecular complexity index is 960. The molecule has 1 N–H and O–H groups in total. The number of aromatic nitrogens is 2. The van der Waals surface area contributed by atoms with Gasteiger partial charge in [0.2, 0.25) is 0 Å². The maximum absolute atomic E-state index is 12.5. The molecule has 0 amide bonds. The van der Waals surface area contributed by atoms with Gasteiger partial charge in [0.15, 0.2) is 0 Å². The quantitative estimate of drug-likeness (QED) is 0.731. The number of thiophene rings is 1. The van der Waals surface area contributed by atoms with E-state index in [1.807, 2.05) is 34.1 Å². The highest BCUT2D eigenvalue weighted by molar-refractivity contribution is 7.09. The number of imidazole rings is 1. The minimum absolute atomic E-state index is 0.0431. The predicted octanol–water partition coefficient (Wildman–Crippen LogP) is 3.69. The fourth-order valence-electron chi connectivity index (χ4n) is 5.01. The van der Waals surface area contributed by atoms with Crippen molar-refractivity contribution in [3.05, 3.63) is 57.1 Å². The third-order valence-corrected chi connectivity index (χ3v) is 7.38. The van der Waals surface area contributed by atoms with Gasteiger partial charge in [-0.2, -0.15) is 0 Å². The molecule has 3 aromatic rings. The van der Waals surface area contributed by atoms with E-state index in [0.29, 0.717) is 12.1 Å². The highest BCUT2D eigenvalue weighted by Gasteiger charge is 2.29. The highest BCUT2D eigenvalue weighted by Crippen LogP contribution is 2.28. The lowest BCUT2D eigenvalue weighted by Gasteiger charge is -2.42. The molecule has 0 aliphatic carbocycles. The van der Waals surface area contributed by atoms with Gasteiger partial charge < -0.3 is 9.88 Å². The molecule has 2 aliphatic rings. The molecule has 0 radical (unpaired) electrons. The predicted molar refractivity (Wildman–Crippen MR) is 115 cm³/mol. The van der Waals surface area contributed by atoms with Crippen LogP contribution in [0.5, 0.6) is 0 Å². The van der Waals surface area contributed by atoms with Crippen LogP contribution in [0.3, 0.4) is 0 Å². The molecule has 0 unspecified atom stereocenters. The van der Waals surface area contributed by atoms with Crippen LogP contribution in [0.4, 0.5) is 0 Å². The zero-order chi connectivity index (χ0) is 18.9. The minimum Gasteiger partial charge on any atom is -0.306 e. The van der Waals surface area contributed by atoms with Crippen molar-refractivity contribution in [3.8, 4) is 0 Å². The number of piperidine rings is 2. The Morgan fingerprint density at radius 2 is 1.68 bits per heavy atom. The van der Waals surface area contributed by atoms with Gasteiger partial charge in [0.1, 0.15) is 0 Å². The van der Waals surface area contributed by atoms with Crippen LogP contribution in [0.15, 0.2) is 46.6 Å². The molecule has 5 rings (SSSR count). The van der Waals surface area contributed by atoms with Crippen molar-refractivity contribution < 1.29 is 0 Å². The molecule has 0 spiro atoms. The summed E-state index contributed by atoms with van der Waals surface area (Å²) in [5.41, 5.74) is 2.04. The zero-order valence-electron chi connectivity index (χ0n) is 16.2. The summed E-state index contributed by atoms with van der Waals surface area (Å²) in [4.78, 5) is 22.2. The van der Waals surface area contributed by atoms with E-state index in [4.69, 9.17) is 0 Å². The van der Waals surface area contributed by atoms with Crippen molar-refractivity contribution in [1.82, 2.24) is 19.4 Å². The Morgan fingerprint density at radius 3 is 2.43 bits per heavy atom. The van der Waals surface area contributed by atoms with Crippen molar-refractivity contribution in [2.45, 2.75) is 44.3 Å². The van der Waals surface area contributed by atoms with Crippen LogP contribution in [0.25, 0.3) is 11.0 Å². The molecule has 5 nitrogen and oxygen atoms in total. The number of nitrogens with zero attached hydrogens (tertiary/aromatic N) is 3.